The summed E-state index contributed by atoms with van der Waals surface area (Å²) in [5.41, 5.74) is 6.90. The fourth-order valence-electron chi connectivity index (χ4n) is 3.46. The summed E-state index contributed by atoms with van der Waals surface area (Å²) >= 11 is 11.9. The van der Waals surface area contributed by atoms with Gasteiger partial charge in [-0.05, 0) is 24.8 Å². The van der Waals surface area contributed by atoms with Crippen molar-refractivity contribution in [3.05, 3.63) is 27.7 Å². The molecular weight excluding hydrogens is 494 g/mol. The van der Waals surface area contributed by atoms with Crippen LogP contribution in [0.4, 0.5) is 18.0 Å². The predicted molar refractivity (Wildman–Crippen MR) is 111 cm³/mol. The van der Waals surface area contributed by atoms with E-state index in [2.05, 4.69) is 5.32 Å². The molecule has 1 unspecified atom stereocenters. The molecule has 3 rings (SSSR count). The minimum Gasteiger partial charge on any atom is -0.508 e. The zero-order valence-corrected chi connectivity index (χ0v) is 18.6. The van der Waals surface area contributed by atoms with Gasteiger partial charge in [0.1, 0.15) is 12.4 Å². The predicted octanol–water partition coefficient (Wildman–Crippen LogP) is 2.93. The second-order valence-electron chi connectivity index (χ2n) is 7.49. The Morgan fingerprint density at radius 3 is 2.24 bits per heavy atom. The van der Waals surface area contributed by atoms with Crippen LogP contribution in [0.5, 0.6) is 5.75 Å². The normalized spacial score (nSPS) is 20.1. The van der Waals surface area contributed by atoms with E-state index in [1.165, 1.54) is 6.07 Å². The van der Waals surface area contributed by atoms with Gasteiger partial charge in [0.15, 0.2) is 0 Å². The Kier molecular flexibility index (Phi) is 9.04. The van der Waals surface area contributed by atoms with Gasteiger partial charge in [0.25, 0.3) is 0 Å². The number of nitrogens with one attached hydrogen (secondary N) is 1. The maximum Gasteiger partial charge on any atom is 0.490 e. The third-order valence-corrected chi connectivity index (χ3v) is 6.01. The number of alkyl carbamates (subject to hydrolysis) is 1. The van der Waals surface area contributed by atoms with Gasteiger partial charge < -0.3 is 30.9 Å². The van der Waals surface area contributed by atoms with E-state index in [9.17, 15) is 27.9 Å². The summed E-state index contributed by atoms with van der Waals surface area (Å²) in [5.74, 6) is -2.98. The second-order valence-corrected chi connectivity index (χ2v) is 8.31. The maximum absolute atomic E-state index is 12.5. The Morgan fingerprint density at radius 1 is 1.21 bits per heavy atom. The Labute approximate surface area is 196 Å². The van der Waals surface area contributed by atoms with Gasteiger partial charge in [-0.25, -0.2) is 9.59 Å². The van der Waals surface area contributed by atoms with Gasteiger partial charge in [0.2, 0.25) is 5.91 Å². The van der Waals surface area contributed by atoms with Gasteiger partial charge in [-0.3, -0.25) is 4.79 Å². The number of hydrogen-bond donors (Lipinski definition) is 4. The van der Waals surface area contributed by atoms with Crippen LogP contribution in [0.3, 0.4) is 0 Å². The third kappa shape index (κ3) is 7.27. The van der Waals surface area contributed by atoms with Crippen LogP contribution in [-0.2, 0) is 14.3 Å². The average molecular weight is 516 g/mol. The van der Waals surface area contributed by atoms with Crippen molar-refractivity contribution in [2.75, 3.05) is 26.2 Å². The number of nitrogens with two attached hydrogens (primary N) is 1. The van der Waals surface area contributed by atoms with Crippen molar-refractivity contribution < 1.29 is 42.5 Å². The molecule has 2 aliphatic rings. The van der Waals surface area contributed by atoms with E-state index in [-0.39, 0.29) is 41.2 Å². The van der Waals surface area contributed by atoms with Crippen LogP contribution in [0.25, 0.3) is 0 Å². The minimum absolute atomic E-state index is 0.0191. The van der Waals surface area contributed by atoms with E-state index in [4.69, 9.17) is 43.6 Å². The molecule has 2 amide bonds. The number of cyclic esters (lactones) is 1. The van der Waals surface area contributed by atoms with Crippen molar-refractivity contribution in [3.8, 4) is 5.75 Å². The van der Waals surface area contributed by atoms with Gasteiger partial charge in [0.05, 0.1) is 16.0 Å². The average Bonchev–Trinajstić information content (AvgIpc) is 2.76. The topological polar surface area (TPSA) is 142 Å². The standard InChI is InChI=1S/C17H21Cl2N3O4.C2HF3O2/c18-12-5-11(14(23)6-13(12)19)15(20)9-1-3-22(4-2-9)16(24)10-7-21-17(25)26-8-10;3-2(4,5)1(6)7/h5-6,9-10,15,23H,1-4,7-8,20H2,(H,21,25);(H,6,7)/t10?,15-;/m1./s1. The molecular formula is C19H22Cl2F3N3O6. The fourth-order valence-corrected chi connectivity index (χ4v) is 3.79. The number of piperidine rings is 1. The number of aliphatic carboxylic acids is 1. The maximum atomic E-state index is 12.5. The molecule has 0 aliphatic carbocycles. The number of rotatable bonds is 3. The number of phenols is 1. The number of amides is 2. The first-order valence-electron chi connectivity index (χ1n) is 9.74. The molecule has 2 heterocycles. The minimum atomic E-state index is -5.08. The number of hydrogen-bond acceptors (Lipinski definition) is 6. The highest BCUT2D eigenvalue weighted by atomic mass is 35.5. The van der Waals surface area contributed by atoms with E-state index in [1.54, 1.807) is 11.0 Å². The van der Waals surface area contributed by atoms with E-state index >= 15 is 0 Å². The Bertz CT molecular complexity index is 884. The van der Waals surface area contributed by atoms with Crippen molar-refractivity contribution in [1.29, 1.82) is 0 Å². The van der Waals surface area contributed by atoms with Crippen LogP contribution in [0.2, 0.25) is 10.0 Å². The highest BCUT2D eigenvalue weighted by molar-refractivity contribution is 6.42. The van der Waals surface area contributed by atoms with E-state index in [1.807, 2.05) is 0 Å². The Morgan fingerprint density at radius 2 is 1.76 bits per heavy atom. The number of phenolic OH excluding ortho intramolecular Hbond substituents is 1. The summed E-state index contributed by atoms with van der Waals surface area (Å²) < 4.78 is 36.6. The number of ether oxygens (including phenoxy) is 1. The number of aromatic hydroxyl groups is 1. The molecule has 2 atom stereocenters. The van der Waals surface area contributed by atoms with Crippen LogP contribution in [0.15, 0.2) is 12.1 Å². The summed E-state index contributed by atoms with van der Waals surface area (Å²) in [4.78, 5) is 34.2. The van der Waals surface area contributed by atoms with Crippen molar-refractivity contribution in [2.24, 2.45) is 17.6 Å². The summed E-state index contributed by atoms with van der Waals surface area (Å²) in [5, 5.41) is 20.4. The van der Waals surface area contributed by atoms with E-state index in [0.29, 0.717) is 43.1 Å². The zero-order chi connectivity index (χ0) is 24.9. The summed E-state index contributed by atoms with van der Waals surface area (Å²) in [6.45, 7) is 1.56. The largest absolute Gasteiger partial charge is 0.508 e. The Balaban J connectivity index is 0.000000479. The number of benzene rings is 1. The van der Waals surface area contributed by atoms with Gasteiger partial charge >= 0.3 is 18.2 Å². The van der Waals surface area contributed by atoms with Crippen molar-refractivity contribution in [2.45, 2.75) is 25.1 Å². The molecule has 33 heavy (non-hydrogen) atoms. The van der Waals surface area contributed by atoms with Crippen molar-refractivity contribution >= 4 is 41.2 Å². The first kappa shape index (κ1) is 26.8. The van der Waals surface area contributed by atoms with Gasteiger partial charge in [0, 0.05) is 37.3 Å². The van der Waals surface area contributed by atoms with Crippen LogP contribution in [0.1, 0.15) is 24.4 Å². The number of nitrogens with zero attached hydrogens (tertiary/aromatic N) is 1. The molecule has 9 nitrogen and oxygen atoms in total. The van der Waals surface area contributed by atoms with Gasteiger partial charge in [-0.2, -0.15) is 13.2 Å². The quantitative estimate of drug-likeness (QED) is 0.484. The SMILES string of the molecule is N[C@@H](c1cc(Cl)c(Cl)cc1O)C1CCN(C(=O)C2CNC(=O)OC2)CC1.O=C(O)C(F)(F)F. The lowest BCUT2D eigenvalue weighted by molar-refractivity contribution is -0.192. The number of carbonyl (C=O) groups excluding carboxylic acids is 2. The number of alkyl halides is 3. The Hall–Kier alpha value is -2.44. The monoisotopic (exact) mass is 515 g/mol. The third-order valence-electron chi connectivity index (χ3n) is 5.29. The number of carbonyl (C=O) groups is 3. The fraction of sp³-hybridized carbons (Fsp3) is 0.526. The van der Waals surface area contributed by atoms with E-state index in [0.717, 1.165) is 0 Å². The smallest absolute Gasteiger partial charge is 0.490 e. The number of likely N-dealkylation sites (tertiary alicyclic amines) is 1. The number of carboxylic acid groups (broad SMARTS) is 1. The lowest BCUT2D eigenvalue weighted by Gasteiger charge is -2.37. The summed E-state index contributed by atoms with van der Waals surface area (Å²) in [7, 11) is 0. The highest BCUT2D eigenvalue weighted by Crippen LogP contribution is 2.37. The van der Waals surface area contributed by atoms with Crippen molar-refractivity contribution in [3.63, 3.8) is 0 Å². The van der Waals surface area contributed by atoms with Crippen molar-refractivity contribution in [1.82, 2.24) is 10.2 Å². The number of halogens is 5. The van der Waals surface area contributed by atoms with Crippen LogP contribution >= 0.6 is 23.2 Å². The molecule has 0 radical (unpaired) electrons. The van der Waals surface area contributed by atoms with E-state index < -0.39 is 18.2 Å². The first-order valence-corrected chi connectivity index (χ1v) is 10.5. The number of carboxylic acids is 1. The van der Waals surface area contributed by atoms with Crippen LogP contribution in [0, 0.1) is 11.8 Å². The zero-order valence-electron chi connectivity index (χ0n) is 17.1. The summed E-state index contributed by atoms with van der Waals surface area (Å²) in [6.07, 6.45) is -4.14. The molecule has 0 bridgehead atoms. The van der Waals surface area contributed by atoms with Gasteiger partial charge in [-0.1, -0.05) is 23.2 Å². The van der Waals surface area contributed by atoms with Gasteiger partial charge in [-0.15, -0.1) is 0 Å². The molecule has 2 aliphatic heterocycles. The lowest BCUT2D eigenvalue weighted by atomic mass is 9.85. The molecule has 184 valence electrons. The molecule has 1 aromatic rings. The molecule has 2 saturated heterocycles. The second kappa shape index (κ2) is 11.1. The summed E-state index contributed by atoms with van der Waals surface area (Å²) in [6, 6.07) is 2.61. The highest BCUT2D eigenvalue weighted by Gasteiger charge is 2.38. The first-order chi connectivity index (χ1) is 15.3. The molecule has 0 aromatic heterocycles. The molecule has 14 heteroatoms. The van der Waals surface area contributed by atoms with Crippen LogP contribution < -0.4 is 11.1 Å². The molecule has 2 fully saturated rings. The molecule has 0 spiro atoms. The van der Waals surface area contributed by atoms with Crippen LogP contribution in [-0.4, -0.2) is 65.5 Å². The molecule has 1 aromatic carbocycles. The lowest BCUT2D eigenvalue weighted by Crippen LogP contribution is -2.50. The molecule has 0 saturated carbocycles. The molecule has 5 N–H and O–H groups in total.